The van der Waals surface area contributed by atoms with Crippen LogP contribution >= 0.6 is 0 Å². The Bertz CT molecular complexity index is 668. The first-order valence-electron chi connectivity index (χ1n) is 8.56. The highest BCUT2D eigenvalue weighted by atomic mass is 32.2. The predicted octanol–water partition coefficient (Wildman–Crippen LogP) is 0.963. The van der Waals surface area contributed by atoms with Gasteiger partial charge in [-0.2, -0.15) is 4.72 Å². The van der Waals surface area contributed by atoms with E-state index in [-0.39, 0.29) is 16.8 Å². The lowest BCUT2D eigenvalue weighted by molar-refractivity contribution is -0.123. The molecule has 1 aliphatic heterocycles. The maximum Gasteiger partial charge on any atom is 0.241 e. The maximum atomic E-state index is 12.4. The van der Waals surface area contributed by atoms with Gasteiger partial charge in [-0.3, -0.25) is 4.79 Å². The molecule has 0 radical (unpaired) electrons. The monoisotopic (exact) mass is 369 g/mol. The molecule has 1 heterocycles. The zero-order valence-corrected chi connectivity index (χ0v) is 15.8. The molecule has 0 aromatic heterocycles. The number of piperidine rings is 1. The summed E-state index contributed by atoms with van der Waals surface area (Å²) in [6.07, 6.45) is 1.75. The van der Waals surface area contributed by atoms with E-state index in [1.54, 1.807) is 19.1 Å². The third-order valence-corrected chi connectivity index (χ3v) is 5.79. The quantitative estimate of drug-likeness (QED) is 0.748. The lowest BCUT2D eigenvalue weighted by Crippen LogP contribution is -2.50. The van der Waals surface area contributed by atoms with Gasteiger partial charge in [0, 0.05) is 6.04 Å². The number of likely N-dealkylation sites (tertiary alicyclic amines) is 1. The molecule has 0 bridgehead atoms. The predicted molar refractivity (Wildman–Crippen MR) is 96.1 cm³/mol. The van der Waals surface area contributed by atoms with Crippen molar-refractivity contribution in [2.45, 2.75) is 43.7 Å². The normalized spacial score (nSPS) is 17.9. The highest BCUT2D eigenvalue weighted by molar-refractivity contribution is 7.89. The van der Waals surface area contributed by atoms with Crippen LogP contribution in [0.4, 0.5) is 0 Å². The fraction of sp³-hybridized carbons (Fsp3) is 0.588. The van der Waals surface area contributed by atoms with Gasteiger partial charge in [0.25, 0.3) is 0 Å². The van der Waals surface area contributed by atoms with Gasteiger partial charge in [0.1, 0.15) is 5.75 Å². The molecule has 2 rings (SSSR count). The number of carbonyl (C=O) groups is 1. The van der Waals surface area contributed by atoms with Crippen molar-refractivity contribution < 1.29 is 17.9 Å². The molecule has 8 heteroatoms. The molecule has 1 fully saturated rings. The molecule has 25 heavy (non-hydrogen) atoms. The Balaban J connectivity index is 1.93. The summed E-state index contributed by atoms with van der Waals surface area (Å²) >= 11 is 0. The molecule has 1 aliphatic rings. The van der Waals surface area contributed by atoms with Gasteiger partial charge in [0.15, 0.2) is 0 Å². The van der Waals surface area contributed by atoms with Crippen LogP contribution in [0.2, 0.25) is 0 Å². The first-order valence-corrected chi connectivity index (χ1v) is 10.0. The summed E-state index contributed by atoms with van der Waals surface area (Å²) < 4.78 is 32.6. The van der Waals surface area contributed by atoms with E-state index >= 15 is 0 Å². The second-order valence-electron chi connectivity index (χ2n) is 6.33. The molecule has 0 aliphatic carbocycles. The lowest BCUT2D eigenvalue weighted by atomic mass is 10.1. The minimum Gasteiger partial charge on any atom is -0.494 e. The number of rotatable bonds is 7. The Hall–Kier alpha value is -1.64. The van der Waals surface area contributed by atoms with E-state index in [2.05, 4.69) is 14.9 Å². The van der Waals surface area contributed by atoms with Gasteiger partial charge in [-0.1, -0.05) is 0 Å². The van der Waals surface area contributed by atoms with Crippen LogP contribution in [-0.4, -0.2) is 58.1 Å². The molecule has 1 unspecified atom stereocenters. The molecule has 140 valence electrons. The van der Waals surface area contributed by atoms with Gasteiger partial charge >= 0.3 is 0 Å². The number of nitrogens with one attached hydrogen (secondary N) is 2. The van der Waals surface area contributed by atoms with E-state index in [1.165, 1.54) is 12.1 Å². The highest BCUT2D eigenvalue weighted by Gasteiger charge is 2.25. The van der Waals surface area contributed by atoms with Crippen LogP contribution in [0.15, 0.2) is 29.2 Å². The van der Waals surface area contributed by atoms with Crippen molar-refractivity contribution in [1.82, 2.24) is 14.9 Å². The number of nitrogens with zero attached hydrogens (tertiary/aromatic N) is 1. The van der Waals surface area contributed by atoms with E-state index < -0.39 is 16.1 Å². The number of hydrogen-bond acceptors (Lipinski definition) is 5. The molecule has 1 atom stereocenters. The minimum absolute atomic E-state index is 0.0983. The summed E-state index contributed by atoms with van der Waals surface area (Å²) in [4.78, 5) is 14.6. The van der Waals surface area contributed by atoms with Gasteiger partial charge in [0.2, 0.25) is 15.9 Å². The molecule has 0 spiro atoms. The average molecular weight is 369 g/mol. The largest absolute Gasteiger partial charge is 0.494 e. The molecule has 1 aromatic carbocycles. The van der Waals surface area contributed by atoms with Crippen molar-refractivity contribution in [1.29, 1.82) is 0 Å². The summed E-state index contributed by atoms with van der Waals surface area (Å²) in [5.41, 5.74) is 0. The standard InChI is InChI=1S/C17H27N3O4S/c1-4-24-15-5-7-16(8-6-15)25(22,23)19-13(2)17(21)18-14-9-11-20(3)12-10-14/h5-8,13-14,19H,4,9-12H2,1-3H3,(H,18,21). The van der Waals surface area contributed by atoms with E-state index in [1.807, 2.05) is 14.0 Å². The lowest BCUT2D eigenvalue weighted by Gasteiger charge is -2.30. The number of ether oxygens (including phenoxy) is 1. The first-order chi connectivity index (χ1) is 11.8. The van der Waals surface area contributed by atoms with Crippen LogP contribution in [0.3, 0.4) is 0 Å². The van der Waals surface area contributed by atoms with Crippen molar-refractivity contribution in [3.05, 3.63) is 24.3 Å². The summed E-state index contributed by atoms with van der Waals surface area (Å²) in [6.45, 7) is 5.78. The fourth-order valence-electron chi connectivity index (χ4n) is 2.72. The summed E-state index contributed by atoms with van der Waals surface area (Å²) in [5.74, 6) is 0.304. The number of sulfonamides is 1. The van der Waals surface area contributed by atoms with Crippen LogP contribution in [0.25, 0.3) is 0 Å². The van der Waals surface area contributed by atoms with Crippen LogP contribution in [0, 0.1) is 0 Å². The zero-order valence-electron chi connectivity index (χ0n) is 15.0. The third kappa shape index (κ3) is 5.69. The maximum absolute atomic E-state index is 12.4. The number of hydrogen-bond donors (Lipinski definition) is 2. The Morgan fingerprint density at radius 3 is 2.44 bits per heavy atom. The van der Waals surface area contributed by atoms with Crippen molar-refractivity contribution in [2.24, 2.45) is 0 Å². The first kappa shape index (κ1) is 19.7. The molecule has 1 saturated heterocycles. The highest BCUT2D eigenvalue weighted by Crippen LogP contribution is 2.16. The van der Waals surface area contributed by atoms with Crippen molar-refractivity contribution in [3.8, 4) is 5.75 Å². The minimum atomic E-state index is -3.76. The molecule has 2 N–H and O–H groups in total. The van der Waals surface area contributed by atoms with E-state index in [0.29, 0.717) is 12.4 Å². The Kier molecular flexibility index (Phi) is 6.80. The van der Waals surface area contributed by atoms with Crippen LogP contribution in [-0.2, 0) is 14.8 Å². The second-order valence-corrected chi connectivity index (χ2v) is 8.05. The molecule has 0 saturated carbocycles. The summed E-state index contributed by atoms with van der Waals surface area (Å²) in [7, 11) is -1.71. The molecular formula is C17H27N3O4S. The van der Waals surface area contributed by atoms with E-state index in [4.69, 9.17) is 4.74 Å². The van der Waals surface area contributed by atoms with Gasteiger partial charge in [-0.15, -0.1) is 0 Å². The second kappa shape index (κ2) is 8.64. The number of benzene rings is 1. The van der Waals surface area contributed by atoms with Gasteiger partial charge in [-0.05, 0) is 71.1 Å². The van der Waals surface area contributed by atoms with Gasteiger partial charge < -0.3 is 15.0 Å². The number of amides is 1. The van der Waals surface area contributed by atoms with Crippen molar-refractivity contribution >= 4 is 15.9 Å². The molecule has 1 aromatic rings. The summed E-state index contributed by atoms with van der Waals surface area (Å²) in [5, 5.41) is 2.93. The van der Waals surface area contributed by atoms with Gasteiger partial charge in [0.05, 0.1) is 17.5 Å². The van der Waals surface area contributed by atoms with Crippen LogP contribution < -0.4 is 14.8 Å². The van der Waals surface area contributed by atoms with Crippen molar-refractivity contribution in [3.63, 3.8) is 0 Å². The van der Waals surface area contributed by atoms with Gasteiger partial charge in [-0.25, -0.2) is 8.42 Å². The van der Waals surface area contributed by atoms with Crippen LogP contribution in [0.5, 0.6) is 5.75 Å². The molecular weight excluding hydrogens is 342 g/mol. The van der Waals surface area contributed by atoms with E-state index in [9.17, 15) is 13.2 Å². The fourth-order valence-corrected chi connectivity index (χ4v) is 3.92. The Morgan fingerprint density at radius 2 is 1.88 bits per heavy atom. The summed E-state index contributed by atoms with van der Waals surface area (Å²) in [6, 6.07) is 5.39. The molecule has 1 amide bonds. The van der Waals surface area contributed by atoms with Crippen molar-refractivity contribution in [2.75, 3.05) is 26.7 Å². The smallest absolute Gasteiger partial charge is 0.241 e. The SMILES string of the molecule is CCOc1ccc(S(=O)(=O)NC(C)C(=O)NC2CCN(C)CC2)cc1. The zero-order chi connectivity index (χ0) is 18.4. The van der Waals surface area contributed by atoms with E-state index in [0.717, 1.165) is 25.9 Å². The average Bonchev–Trinajstić information content (AvgIpc) is 2.57. The molecule has 7 nitrogen and oxygen atoms in total. The Morgan fingerprint density at radius 1 is 1.28 bits per heavy atom. The van der Waals surface area contributed by atoms with Crippen LogP contribution in [0.1, 0.15) is 26.7 Å². The Labute approximate surface area is 149 Å². The topological polar surface area (TPSA) is 87.7 Å². The number of carbonyl (C=O) groups excluding carboxylic acids is 1. The third-order valence-electron chi connectivity index (χ3n) is 4.24.